The molecule has 32 heavy (non-hydrogen) atoms. The SMILES string of the molecule is C/N=C(/c1cc[nH]n1)c1nc(N2CCOC[C@H]2C)cc(-c2ccc(S(C)(=O)=O)cc2)c1C. The molecule has 1 aliphatic rings. The molecule has 0 aliphatic carbocycles. The van der Waals surface area contributed by atoms with Crippen molar-refractivity contribution in [2.75, 3.05) is 38.0 Å². The lowest BCUT2D eigenvalue weighted by Crippen LogP contribution is -2.44. The topological polar surface area (TPSA) is 101 Å². The zero-order valence-corrected chi connectivity index (χ0v) is 19.5. The van der Waals surface area contributed by atoms with Gasteiger partial charge in [-0.3, -0.25) is 10.1 Å². The third kappa shape index (κ3) is 4.31. The first-order chi connectivity index (χ1) is 15.3. The summed E-state index contributed by atoms with van der Waals surface area (Å²) in [6.45, 7) is 6.14. The number of morpholine rings is 1. The first-order valence-corrected chi connectivity index (χ1v) is 12.3. The van der Waals surface area contributed by atoms with Gasteiger partial charge in [0.15, 0.2) is 9.84 Å². The second-order valence-electron chi connectivity index (χ2n) is 7.95. The van der Waals surface area contributed by atoms with E-state index in [1.165, 1.54) is 6.26 Å². The first kappa shape index (κ1) is 22.2. The van der Waals surface area contributed by atoms with Crippen LogP contribution in [0.5, 0.6) is 0 Å². The van der Waals surface area contributed by atoms with Gasteiger partial charge in [0, 0.05) is 26.0 Å². The Hall–Kier alpha value is -3.04. The van der Waals surface area contributed by atoms with Crippen LogP contribution in [0.1, 0.15) is 23.9 Å². The molecule has 0 saturated carbocycles. The average Bonchev–Trinajstić information content (AvgIpc) is 3.30. The van der Waals surface area contributed by atoms with Gasteiger partial charge in [-0.25, -0.2) is 13.4 Å². The van der Waals surface area contributed by atoms with Crippen molar-refractivity contribution in [1.29, 1.82) is 0 Å². The lowest BCUT2D eigenvalue weighted by atomic mass is 9.97. The minimum Gasteiger partial charge on any atom is -0.377 e. The lowest BCUT2D eigenvalue weighted by molar-refractivity contribution is 0.0985. The monoisotopic (exact) mass is 453 g/mol. The Morgan fingerprint density at radius 2 is 2.00 bits per heavy atom. The number of aromatic nitrogens is 3. The largest absolute Gasteiger partial charge is 0.377 e. The number of pyridine rings is 1. The molecule has 1 N–H and O–H groups in total. The van der Waals surface area contributed by atoms with E-state index in [4.69, 9.17) is 9.72 Å². The van der Waals surface area contributed by atoms with Crippen LogP contribution in [0, 0.1) is 6.92 Å². The van der Waals surface area contributed by atoms with Crippen LogP contribution in [0.4, 0.5) is 5.82 Å². The highest BCUT2D eigenvalue weighted by Gasteiger charge is 2.24. The number of hydrogen-bond acceptors (Lipinski definition) is 7. The fourth-order valence-corrected chi connectivity index (χ4v) is 4.59. The van der Waals surface area contributed by atoms with Crippen molar-refractivity contribution >= 4 is 21.4 Å². The fraction of sp³-hybridized carbons (Fsp3) is 0.348. The van der Waals surface area contributed by atoms with Gasteiger partial charge in [0.25, 0.3) is 0 Å². The highest BCUT2D eigenvalue weighted by Crippen LogP contribution is 2.32. The molecule has 0 radical (unpaired) electrons. The molecule has 0 unspecified atom stereocenters. The molecular formula is C23H27N5O3S. The smallest absolute Gasteiger partial charge is 0.175 e. The fourth-order valence-electron chi connectivity index (χ4n) is 3.96. The van der Waals surface area contributed by atoms with E-state index in [1.54, 1.807) is 25.4 Å². The van der Waals surface area contributed by atoms with Crippen LogP contribution in [0.2, 0.25) is 0 Å². The van der Waals surface area contributed by atoms with Crippen molar-refractivity contribution in [3.63, 3.8) is 0 Å². The molecular weight excluding hydrogens is 426 g/mol. The Labute approximate surface area is 188 Å². The van der Waals surface area contributed by atoms with E-state index in [-0.39, 0.29) is 6.04 Å². The predicted octanol–water partition coefficient (Wildman–Crippen LogP) is 2.88. The maximum absolute atomic E-state index is 11.9. The number of nitrogens with zero attached hydrogens (tertiary/aromatic N) is 4. The Bertz CT molecular complexity index is 1240. The molecule has 9 heteroatoms. The van der Waals surface area contributed by atoms with Crippen molar-refractivity contribution in [2.24, 2.45) is 4.99 Å². The summed E-state index contributed by atoms with van der Waals surface area (Å²) in [6, 6.07) is 11.1. The summed E-state index contributed by atoms with van der Waals surface area (Å²) in [4.78, 5) is 12.0. The van der Waals surface area contributed by atoms with Crippen molar-refractivity contribution in [3.8, 4) is 11.1 Å². The van der Waals surface area contributed by atoms with Gasteiger partial charge in [0.05, 0.1) is 29.8 Å². The van der Waals surface area contributed by atoms with Crippen LogP contribution in [-0.4, -0.2) is 68.4 Å². The molecule has 1 fully saturated rings. The number of benzene rings is 1. The van der Waals surface area contributed by atoms with Crippen LogP contribution >= 0.6 is 0 Å². The van der Waals surface area contributed by atoms with Gasteiger partial charge in [-0.1, -0.05) is 12.1 Å². The Morgan fingerprint density at radius 1 is 1.25 bits per heavy atom. The summed E-state index contributed by atoms with van der Waals surface area (Å²) >= 11 is 0. The summed E-state index contributed by atoms with van der Waals surface area (Å²) in [5, 5.41) is 7.15. The van der Waals surface area contributed by atoms with Crippen molar-refractivity contribution in [3.05, 3.63) is 59.5 Å². The van der Waals surface area contributed by atoms with E-state index < -0.39 is 9.84 Å². The van der Waals surface area contributed by atoms with Crippen molar-refractivity contribution < 1.29 is 13.2 Å². The Balaban J connectivity index is 1.90. The highest BCUT2D eigenvalue weighted by molar-refractivity contribution is 7.90. The quantitative estimate of drug-likeness (QED) is 0.596. The molecule has 3 heterocycles. The standard InChI is InChI=1S/C23H27N5O3S/c1-15-14-31-12-11-28(15)21-13-19(17-5-7-18(8-6-17)32(4,29)30)16(2)22(26-21)23(24-3)20-9-10-25-27-20/h5-10,13,15H,11-12,14H2,1-4H3,(H,25,27)/b24-23-/t15-/m1/s1. The summed E-state index contributed by atoms with van der Waals surface area (Å²) < 4.78 is 29.4. The van der Waals surface area contributed by atoms with Gasteiger partial charge < -0.3 is 9.64 Å². The molecule has 168 valence electrons. The summed E-state index contributed by atoms with van der Waals surface area (Å²) in [5.41, 5.74) is 5.00. The van der Waals surface area contributed by atoms with Gasteiger partial charge >= 0.3 is 0 Å². The lowest BCUT2D eigenvalue weighted by Gasteiger charge is -2.35. The molecule has 1 atom stereocenters. The van der Waals surface area contributed by atoms with Crippen LogP contribution in [0.25, 0.3) is 11.1 Å². The second-order valence-corrected chi connectivity index (χ2v) is 9.96. The van der Waals surface area contributed by atoms with Gasteiger partial charge in [-0.15, -0.1) is 0 Å². The van der Waals surface area contributed by atoms with Crippen LogP contribution < -0.4 is 4.90 Å². The third-order valence-corrected chi connectivity index (χ3v) is 6.83. The van der Waals surface area contributed by atoms with E-state index in [1.807, 2.05) is 25.1 Å². The van der Waals surface area contributed by atoms with E-state index in [0.717, 1.165) is 34.7 Å². The summed E-state index contributed by atoms with van der Waals surface area (Å²) in [6.07, 6.45) is 2.97. The molecule has 3 aromatic rings. The molecule has 1 aliphatic heterocycles. The van der Waals surface area contributed by atoms with Crippen molar-refractivity contribution in [2.45, 2.75) is 24.8 Å². The molecule has 1 aromatic carbocycles. The van der Waals surface area contributed by atoms with Gasteiger partial charge in [0.2, 0.25) is 0 Å². The van der Waals surface area contributed by atoms with Crippen LogP contribution in [0.3, 0.4) is 0 Å². The number of aromatic amines is 1. The van der Waals surface area contributed by atoms with Crippen molar-refractivity contribution in [1.82, 2.24) is 15.2 Å². The molecule has 0 amide bonds. The van der Waals surface area contributed by atoms with Gasteiger partial charge in [-0.05, 0) is 54.8 Å². The minimum atomic E-state index is -3.26. The number of rotatable bonds is 5. The molecule has 0 spiro atoms. The Morgan fingerprint density at radius 3 is 2.59 bits per heavy atom. The Kier molecular flexibility index (Phi) is 6.12. The number of hydrogen-bond donors (Lipinski definition) is 1. The zero-order chi connectivity index (χ0) is 22.9. The maximum Gasteiger partial charge on any atom is 0.175 e. The van der Waals surface area contributed by atoms with Crippen LogP contribution in [0.15, 0.2) is 52.5 Å². The number of sulfone groups is 1. The highest BCUT2D eigenvalue weighted by atomic mass is 32.2. The normalized spacial score (nSPS) is 17.6. The van der Waals surface area contributed by atoms with E-state index >= 15 is 0 Å². The number of nitrogens with one attached hydrogen (secondary N) is 1. The minimum absolute atomic E-state index is 0.180. The summed E-state index contributed by atoms with van der Waals surface area (Å²) in [5.74, 6) is 0.834. The third-order valence-electron chi connectivity index (χ3n) is 5.71. The number of aliphatic imine (C=N–C) groups is 1. The molecule has 2 aromatic heterocycles. The predicted molar refractivity (Wildman–Crippen MR) is 125 cm³/mol. The molecule has 1 saturated heterocycles. The maximum atomic E-state index is 11.9. The van der Waals surface area contributed by atoms with E-state index in [0.29, 0.717) is 29.5 Å². The van der Waals surface area contributed by atoms with Gasteiger partial charge in [0.1, 0.15) is 17.2 Å². The second kappa shape index (κ2) is 8.84. The molecule has 8 nitrogen and oxygen atoms in total. The number of anilines is 1. The molecule has 0 bridgehead atoms. The van der Waals surface area contributed by atoms with Gasteiger partial charge in [-0.2, -0.15) is 5.10 Å². The zero-order valence-electron chi connectivity index (χ0n) is 18.7. The first-order valence-electron chi connectivity index (χ1n) is 10.4. The van der Waals surface area contributed by atoms with E-state index in [9.17, 15) is 8.42 Å². The summed E-state index contributed by atoms with van der Waals surface area (Å²) in [7, 11) is -1.53. The number of H-pyrrole nitrogens is 1. The van der Waals surface area contributed by atoms with E-state index in [2.05, 4.69) is 33.1 Å². The number of ether oxygens (including phenoxy) is 1. The molecule has 4 rings (SSSR count). The average molecular weight is 454 g/mol. The van der Waals surface area contributed by atoms with Crippen LogP contribution in [-0.2, 0) is 14.6 Å².